The van der Waals surface area contributed by atoms with Crippen LogP contribution in [0.1, 0.15) is 0 Å². The first-order valence-corrected chi connectivity index (χ1v) is 5.55. The molecule has 0 bridgehead atoms. The van der Waals surface area contributed by atoms with Crippen molar-refractivity contribution in [1.29, 1.82) is 0 Å². The van der Waals surface area contributed by atoms with Crippen LogP contribution in [-0.2, 0) is 0 Å². The Morgan fingerprint density at radius 2 is 1.94 bits per heavy atom. The van der Waals surface area contributed by atoms with E-state index < -0.39 is 6.03 Å². The summed E-state index contributed by atoms with van der Waals surface area (Å²) in [6.45, 7) is 0.974. The van der Waals surface area contributed by atoms with Crippen LogP contribution in [0.25, 0.3) is 0 Å². The highest BCUT2D eigenvalue weighted by atomic mass is 35.5. The van der Waals surface area contributed by atoms with Crippen LogP contribution in [0.5, 0.6) is 0 Å². The highest BCUT2D eigenvalue weighted by Crippen LogP contribution is 2.15. The maximum Gasteiger partial charge on any atom is 0.330 e. The topological polar surface area (TPSA) is 52.6 Å². The third kappa shape index (κ3) is 2.50. The normalized spacial score (nSPS) is 15.3. The quantitative estimate of drug-likeness (QED) is 0.835. The molecule has 17 heavy (non-hydrogen) atoms. The number of carbonyl (C=O) groups excluding carboxylic acids is 2. The number of urea groups is 2. The lowest BCUT2D eigenvalue weighted by atomic mass is 10.3. The first kappa shape index (κ1) is 11.7. The average molecular weight is 254 g/mol. The number of nitrogens with zero attached hydrogens (tertiary/aromatic N) is 2. The number of likely N-dealkylation sites (N-methyl/N-ethyl adjacent to an activating group) is 1. The molecule has 0 aromatic heterocycles. The number of imide groups is 1. The van der Waals surface area contributed by atoms with Crippen molar-refractivity contribution in [1.82, 2.24) is 9.80 Å². The summed E-state index contributed by atoms with van der Waals surface area (Å²) in [7, 11) is 1.66. The van der Waals surface area contributed by atoms with Crippen molar-refractivity contribution < 1.29 is 9.59 Å². The minimum Gasteiger partial charge on any atom is -0.326 e. The molecule has 0 atom stereocenters. The molecular weight excluding hydrogens is 242 g/mol. The fraction of sp³-hybridized carbons (Fsp3) is 0.273. The predicted octanol–water partition coefficient (Wildman–Crippen LogP) is 2.24. The van der Waals surface area contributed by atoms with Gasteiger partial charge in [-0.15, -0.1) is 0 Å². The van der Waals surface area contributed by atoms with Crippen LogP contribution in [0.15, 0.2) is 24.3 Å². The van der Waals surface area contributed by atoms with Crippen molar-refractivity contribution in [3.63, 3.8) is 0 Å². The van der Waals surface area contributed by atoms with E-state index in [1.807, 2.05) is 0 Å². The Balaban J connectivity index is 2.02. The Labute approximate surface area is 104 Å². The monoisotopic (exact) mass is 253 g/mol. The van der Waals surface area contributed by atoms with Gasteiger partial charge in [-0.05, 0) is 24.3 Å². The molecule has 1 saturated heterocycles. The highest BCUT2D eigenvalue weighted by molar-refractivity contribution is 6.30. The van der Waals surface area contributed by atoms with Crippen LogP contribution in [0.4, 0.5) is 15.3 Å². The third-order valence-electron chi connectivity index (χ3n) is 2.56. The fourth-order valence-electron chi connectivity index (χ4n) is 1.56. The summed E-state index contributed by atoms with van der Waals surface area (Å²) in [5.74, 6) is 0. The van der Waals surface area contributed by atoms with Gasteiger partial charge in [0.2, 0.25) is 0 Å². The highest BCUT2D eigenvalue weighted by Gasteiger charge is 2.30. The van der Waals surface area contributed by atoms with E-state index in [2.05, 4.69) is 5.32 Å². The van der Waals surface area contributed by atoms with Gasteiger partial charge in [-0.2, -0.15) is 0 Å². The molecule has 0 spiro atoms. The number of hydrogen-bond donors (Lipinski definition) is 1. The first-order valence-electron chi connectivity index (χ1n) is 5.17. The number of rotatable bonds is 1. The van der Waals surface area contributed by atoms with Crippen molar-refractivity contribution in [2.75, 3.05) is 25.5 Å². The van der Waals surface area contributed by atoms with Gasteiger partial charge < -0.3 is 10.2 Å². The Kier molecular flexibility index (Phi) is 3.19. The van der Waals surface area contributed by atoms with E-state index >= 15 is 0 Å². The Hall–Kier alpha value is -1.75. The summed E-state index contributed by atoms with van der Waals surface area (Å²) in [6, 6.07) is 6.03. The third-order valence-corrected chi connectivity index (χ3v) is 2.81. The van der Waals surface area contributed by atoms with E-state index in [4.69, 9.17) is 11.6 Å². The van der Waals surface area contributed by atoms with Gasteiger partial charge in [0.05, 0.1) is 0 Å². The molecule has 5 nitrogen and oxygen atoms in total. The molecular formula is C11H12ClN3O2. The lowest BCUT2D eigenvalue weighted by molar-refractivity contribution is 0.195. The summed E-state index contributed by atoms with van der Waals surface area (Å²) in [5, 5.41) is 3.24. The van der Waals surface area contributed by atoms with E-state index in [0.717, 1.165) is 0 Å². The molecule has 1 aromatic carbocycles. The molecule has 90 valence electrons. The van der Waals surface area contributed by atoms with Crippen LogP contribution >= 0.6 is 11.6 Å². The summed E-state index contributed by atoms with van der Waals surface area (Å²) < 4.78 is 0. The van der Waals surface area contributed by atoms with Crippen molar-refractivity contribution in [3.8, 4) is 0 Å². The zero-order chi connectivity index (χ0) is 12.4. The van der Waals surface area contributed by atoms with E-state index in [1.165, 1.54) is 9.80 Å². The second-order valence-corrected chi connectivity index (χ2v) is 4.23. The van der Waals surface area contributed by atoms with Gasteiger partial charge in [0.1, 0.15) is 0 Å². The molecule has 6 heteroatoms. The van der Waals surface area contributed by atoms with E-state index in [1.54, 1.807) is 31.3 Å². The number of hydrogen-bond acceptors (Lipinski definition) is 2. The van der Waals surface area contributed by atoms with Gasteiger partial charge >= 0.3 is 12.1 Å². The van der Waals surface area contributed by atoms with Crippen molar-refractivity contribution >= 4 is 29.4 Å². The molecule has 1 N–H and O–H groups in total. The molecule has 1 aliphatic heterocycles. The van der Waals surface area contributed by atoms with Crippen molar-refractivity contribution in [2.45, 2.75) is 0 Å². The fourth-order valence-corrected chi connectivity index (χ4v) is 1.69. The number of halogens is 1. The van der Waals surface area contributed by atoms with Crippen LogP contribution in [0.3, 0.4) is 0 Å². The molecule has 1 fully saturated rings. The van der Waals surface area contributed by atoms with Gasteiger partial charge in [-0.1, -0.05) is 11.6 Å². The van der Waals surface area contributed by atoms with Gasteiger partial charge in [0.15, 0.2) is 0 Å². The second-order valence-electron chi connectivity index (χ2n) is 3.79. The largest absolute Gasteiger partial charge is 0.330 e. The number of carbonyl (C=O) groups is 2. The molecule has 0 unspecified atom stereocenters. The standard InChI is InChI=1S/C11H12ClN3O2/c1-14-6-7-15(11(14)17)10(16)13-9-4-2-8(12)3-5-9/h2-5H,6-7H2,1H3,(H,13,16). The van der Waals surface area contributed by atoms with Crippen molar-refractivity contribution in [3.05, 3.63) is 29.3 Å². The van der Waals surface area contributed by atoms with Crippen LogP contribution in [0, 0.1) is 0 Å². The van der Waals surface area contributed by atoms with Gasteiger partial charge in [-0.3, -0.25) is 0 Å². The number of nitrogens with one attached hydrogen (secondary N) is 1. The van der Waals surface area contributed by atoms with Gasteiger partial charge in [0.25, 0.3) is 0 Å². The van der Waals surface area contributed by atoms with E-state index in [0.29, 0.717) is 23.8 Å². The Bertz CT molecular complexity index is 447. The molecule has 0 saturated carbocycles. The minimum absolute atomic E-state index is 0.281. The molecule has 1 heterocycles. The lowest BCUT2D eigenvalue weighted by Gasteiger charge is -2.15. The van der Waals surface area contributed by atoms with Crippen LogP contribution < -0.4 is 5.32 Å². The SMILES string of the molecule is CN1CCN(C(=O)Nc2ccc(Cl)cc2)C1=O. The van der Waals surface area contributed by atoms with Crippen molar-refractivity contribution in [2.24, 2.45) is 0 Å². The Morgan fingerprint density at radius 1 is 1.29 bits per heavy atom. The minimum atomic E-state index is -0.415. The molecule has 1 aliphatic rings. The Morgan fingerprint density at radius 3 is 2.47 bits per heavy atom. The van der Waals surface area contributed by atoms with E-state index in [-0.39, 0.29) is 6.03 Å². The van der Waals surface area contributed by atoms with Crippen LogP contribution in [0.2, 0.25) is 5.02 Å². The molecule has 0 radical (unpaired) electrons. The number of benzene rings is 1. The molecule has 1 aromatic rings. The summed E-state index contributed by atoms with van der Waals surface area (Å²) in [6.07, 6.45) is 0. The number of anilines is 1. The van der Waals surface area contributed by atoms with Crippen LogP contribution in [-0.4, -0.2) is 42.0 Å². The second kappa shape index (κ2) is 4.63. The van der Waals surface area contributed by atoms with E-state index in [9.17, 15) is 9.59 Å². The average Bonchev–Trinajstić information content (AvgIpc) is 2.63. The first-order chi connectivity index (χ1) is 8.08. The predicted molar refractivity (Wildman–Crippen MR) is 65.2 cm³/mol. The summed E-state index contributed by atoms with van der Waals surface area (Å²) in [5.41, 5.74) is 0.613. The number of amides is 4. The maximum atomic E-state index is 11.8. The van der Waals surface area contributed by atoms with Gasteiger partial charge in [-0.25, -0.2) is 14.5 Å². The smallest absolute Gasteiger partial charge is 0.326 e. The molecule has 2 rings (SSSR count). The van der Waals surface area contributed by atoms with Gasteiger partial charge in [0, 0.05) is 30.8 Å². The molecule has 4 amide bonds. The lowest BCUT2D eigenvalue weighted by Crippen LogP contribution is -2.37. The zero-order valence-corrected chi connectivity index (χ0v) is 10.1. The summed E-state index contributed by atoms with van der Waals surface area (Å²) in [4.78, 5) is 26.0. The summed E-state index contributed by atoms with van der Waals surface area (Å²) >= 11 is 5.73. The zero-order valence-electron chi connectivity index (χ0n) is 9.31. The molecule has 0 aliphatic carbocycles. The maximum absolute atomic E-state index is 11.8.